The molecule has 2 aromatic carbocycles. The molecule has 0 spiro atoms. The predicted molar refractivity (Wildman–Crippen MR) is 118 cm³/mol. The number of rotatable bonds is 8. The Bertz CT molecular complexity index is 922. The van der Waals surface area contributed by atoms with Crippen LogP contribution >= 0.6 is 11.6 Å². The number of aryl methyl sites for hydroxylation is 1. The zero-order valence-electron chi connectivity index (χ0n) is 16.8. The summed E-state index contributed by atoms with van der Waals surface area (Å²) in [4.78, 5) is 4.76. The summed E-state index contributed by atoms with van der Waals surface area (Å²) in [6.45, 7) is 6.23. The van der Waals surface area contributed by atoms with Gasteiger partial charge in [-0.2, -0.15) is 0 Å². The van der Waals surface area contributed by atoms with Crippen LogP contribution in [0.1, 0.15) is 36.8 Å². The molecule has 152 valence electrons. The number of hydrogen-bond acceptors (Lipinski definition) is 3. The van der Waals surface area contributed by atoms with Gasteiger partial charge in [0.1, 0.15) is 12.2 Å². The molecule has 1 heterocycles. The van der Waals surface area contributed by atoms with Crippen LogP contribution in [-0.2, 0) is 19.5 Å². The van der Waals surface area contributed by atoms with Gasteiger partial charge in [-0.25, -0.2) is 4.99 Å². The maximum atomic E-state index is 6.36. The van der Waals surface area contributed by atoms with E-state index >= 15 is 0 Å². The lowest BCUT2D eigenvalue weighted by Crippen LogP contribution is -2.40. The topological polar surface area (TPSA) is 67.1 Å². The average molecular weight is 411 g/mol. The van der Waals surface area contributed by atoms with Crippen molar-refractivity contribution < 1.29 is 0 Å². The van der Waals surface area contributed by atoms with Crippen LogP contribution < -0.4 is 10.6 Å². The lowest BCUT2D eigenvalue weighted by Gasteiger charge is -2.20. The van der Waals surface area contributed by atoms with Crippen molar-refractivity contribution in [3.8, 4) is 0 Å². The van der Waals surface area contributed by atoms with E-state index < -0.39 is 0 Å². The number of aromatic nitrogens is 3. The smallest absolute Gasteiger partial charge is 0.192 e. The second-order valence-electron chi connectivity index (χ2n) is 6.76. The first-order chi connectivity index (χ1) is 14.2. The molecule has 0 saturated carbocycles. The van der Waals surface area contributed by atoms with Gasteiger partial charge in [0, 0.05) is 24.5 Å². The lowest BCUT2D eigenvalue weighted by molar-refractivity contribution is 0.619. The molecular formula is C22H27ClN6. The van der Waals surface area contributed by atoms with Gasteiger partial charge in [0.2, 0.25) is 0 Å². The van der Waals surface area contributed by atoms with Gasteiger partial charge >= 0.3 is 0 Å². The molecule has 6 nitrogen and oxygen atoms in total. The van der Waals surface area contributed by atoms with Crippen LogP contribution in [0, 0.1) is 0 Å². The van der Waals surface area contributed by atoms with Crippen molar-refractivity contribution in [3.63, 3.8) is 0 Å². The molecular weight excluding hydrogens is 384 g/mol. The molecule has 0 aliphatic carbocycles. The van der Waals surface area contributed by atoms with Gasteiger partial charge in [-0.3, -0.25) is 0 Å². The molecule has 2 N–H and O–H groups in total. The van der Waals surface area contributed by atoms with Crippen molar-refractivity contribution in [2.24, 2.45) is 4.99 Å². The summed E-state index contributed by atoms with van der Waals surface area (Å²) in [5.74, 6) is 1.72. The molecule has 1 aromatic heterocycles. The van der Waals surface area contributed by atoms with Crippen molar-refractivity contribution in [2.45, 2.75) is 39.4 Å². The summed E-state index contributed by atoms with van der Waals surface area (Å²) >= 11 is 6.36. The standard InChI is InChI=1S/C22H27ClN6/c1-3-21-28-26-16-29(21)14-13-24-22(25-15-18-9-5-4-6-10-18)27-17(2)19-11-7-8-12-20(19)23/h4-12,16-17H,3,13-15H2,1-2H3,(H2,24,25,27). The van der Waals surface area contributed by atoms with Crippen molar-refractivity contribution >= 4 is 17.6 Å². The second kappa shape index (κ2) is 10.6. The first-order valence-electron chi connectivity index (χ1n) is 9.87. The number of nitrogens with zero attached hydrogens (tertiary/aromatic N) is 4. The van der Waals surface area contributed by atoms with Crippen molar-refractivity contribution in [3.05, 3.63) is 82.9 Å². The molecule has 0 bridgehead atoms. The van der Waals surface area contributed by atoms with E-state index in [1.54, 1.807) is 6.33 Å². The van der Waals surface area contributed by atoms with E-state index in [9.17, 15) is 0 Å². The van der Waals surface area contributed by atoms with Gasteiger partial charge in [0.05, 0.1) is 12.6 Å². The molecule has 0 amide bonds. The van der Waals surface area contributed by atoms with E-state index in [0.29, 0.717) is 13.1 Å². The third-order valence-corrected chi connectivity index (χ3v) is 4.99. The summed E-state index contributed by atoms with van der Waals surface area (Å²) in [6.07, 6.45) is 2.62. The minimum atomic E-state index is 0.0202. The monoisotopic (exact) mass is 410 g/mol. The Morgan fingerprint density at radius 2 is 1.90 bits per heavy atom. The van der Waals surface area contributed by atoms with E-state index in [0.717, 1.165) is 40.9 Å². The van der Waals surface area contributed by atoms with Crippen LogP contribution in [0.5, 0.6) is 0 Å². The number of nitrogens with one attached hydrogen (secondary N) is 2. The third-order valence-electron chi connectivity index (χ3n) is 4.64. The predicted octanol–water partition coefficient (Wildman–Crippen LogP) is 3.99. The van der Waals surface area contributed by atoms with Crippen LogP contribution in [0.15, 0.2) is 65.9 Å². The van der Waals surface area contributed by atoms with Crippen LogP contribution in [-0.4, -0.2) is 27.3 Å². The summed E-state index contributed by atoms with van der Waals surface area (Å²) in [6, 6.07) is 18.1. The summed E-state index contributed by atoms with van der Waals surface area (Å²) < 4.78 is 2.05. The fourth-order valence-electron chi connectivity index (χ4n) is 3.05. The van der Waals surface area contributed by atoms with Gasteiger partial charge in [0.15, 0.2) is 5.96 Å². The van der Waals surface area contributed by atoms with Crippen LogP contribution in [0.4, 0.5) is 0 Å². The molecule has 0 radical (unpaired) electrons. The number of halogens is 1. The Morgan fingerprint density at radius 3 is 2.66 bits per heavy atom. The molecule has 7 heteroatoms. The molecule has 0 fully saturated rings. The Labute approximate surface area is 177 Å². The normalized spacial score (nSPS) is 12.6. The third kappa shape index (κ3) is 6.06. The minimum Gasteiger partial charge on any atom is -0.355 e. The molecule has 3 aromatic rings. The molecule has 0 aliphatic rings. The van der Waals surface area contributed by atoms with Gasteiger partial charge < -0.3 is 15.2 Å². The highest BCUT2D eigenvalue weighted by molar-refractivity contribution is 6.31. The second-order valence-corrected chi connectivity index (χ2v) is 7.17. The SMILES string of the molecule is CCc1nncn1CCNC(=NCc1ccccc1)NC(C)c1ccccc1Cl. The van der Waals surface area contributed by atoms with Crippen molar-refractivity contribution in [1.82, 2.24) is 25.4 Å². The maximum Gasteiger partial charge on any atom is 0.192 e. The van der Waals surface area contributed by atoms with Crippen molar-refractivity contribution in [1.29, 1.82) is 0 Å². The fraction of sp³-hybridized carbons (Fsp3) is 0.318. The van der Waals surface area contributed by atoms with Gasteiger partial charge in [-0.1, -0.05) is 67.1 Å². The van der Waals surface area contributed by atoms with Gasteiger partial charge in [-0.15, -0.1) is 10.2 Å². The van der Waals surface area contributed by atoms with E-state index in [4.69, 9.17) is 16.6 Å². The molecule has 3 rings (SSSR count). The van der Waals surface area contributed by atoms with Crippen LogP contribution in [0.2, 0.25) is 5.02 Å². The zero-order chi connectivity index (χ0) is 20.5. The summed E-state index contributed by atoms with van der Waals surface area (Å²) in [7, 11) is 0. The largest absolute Gasteiger partial charge is 0.355 e. The number of hydrogen-bond donors (Lipinski definition) is 2. The van der Waals surface area contributed by atoms with Crippen LogP contribution in [0.25, 0.3) is 0 Å². The maximum absolute atomic E-state index is 6.36. The Morgan fingerprint density at radius 1 is 1.14 bits per heavy atom. The van der Waals surface area contributed by atoms with E-state index in [-0.39, 0.29) is 6.04 Å². The number of benzene rings is 2. The molecule has 29 heavy (non-hydrogen) atoms. The van der Waals surface area contributed by atoms with Gasteiger partial charge in [-0.05, 0) is 24.1 Å². The average Bonchev–Trinajstić information content (AvgIpc) is 3.20. The Kier molecular flexibility index (Phi) is 7.64. The highest BCUT2D eigenvalue weighted by Gasteiger charge is 2.11. The summed E-state index contributed by atoms with van der Waals surface area (Å²) in [5, 5.41) is 15.7. The quantitative estimate of drug-likeness (QED) is 0.435. The van der Waals surface area contributed by atoms with E-state index in [1.165, 1.54) is 0 Å². The first kappa shape index (κ1) is 20.9. The molecule has 0 aliphatic heterocycles. The van der Waals surface area contributed by atoms with Crippen LogP contribution in [0.3, 0.4) is 0 Å². The first-order valence-corrected chi connectivity index (χ1v) is 10.2. The lowest BCUT2D eigenvalue weighted by atomic mass is 10.1. The van der Waals surface area contributed by atoms with E-state index in [2.05, 4.69) is 51.4 Å². The number of guanidine groups is 1. The zero-order valence-corrected chi connectivity index (χ0v) is 17.6. The van der Waals surface area contributed by atoms with E-state index in [1.807, 2.05) is 42.5 Å². The fourth-order valence-corrected chi connectivity index (χ4v) is 3.35. The molecule has 0 saturated heterocycles. The highest BCUT2D eigenvalue weighted by Crippen LogP contribution is 2.22. The van der Waals surface area contributed by atoms with Crippen molar-refractivity contribution in [2.75, 3.05) is 6.54 Å². The Balaban J connectivity index is 1.68. The minimum absolute atomic E-state index is 0.0202. The number of aliphatic imine (C=N–C) groups is 1. The molecule has 1 atom stereocenters. The van der Waals surface area contributed by atoms with Gasteiger partial charge in [0.25, 0.3) is 0 Å². The molecule has 1 unspecified atom stereocenters. The Hall–Kier alpha value is -2.86. The summed E-state index contributed by atoms with van der Waals surface area (Å²) in [5.41, 5.74) is 2.20. The highest BCUT2D eigenvalue weighted by atomic mass is 35.5.